The lowest BCUT2D eigenvalue weighted by Crippen LogP contribution is -2.15. The lowest BCUT2D eigenvalue weighted by atomic mass is 10.1. The number of ether oxygens (including phenoxy) is 1. The minimum atomic E-state index is -0.0934. The van der Waals surface area contributed by atoms with Crippen LogP contribution < -0.4 is 5.32 Å². The molecule has 0 spiro atoms. The summed E-state index contributed by atoms with van der Waals surface area (Å²) in [4.78, 5) is 12.4. The molecule has 1 amide bonds. The van der Waals surface area contributed by atoms with Crippen molar-refractivity contribution in [2.45, 2.75) is 25.5 Å². The first-order valence-corrected chi connectivity index (χ1v) is 10.9. The highest BCUT2D eigenvalue weighted by molar-refractivity contribution is 9.10. The van der Waals surface area contributed by atoms with Gasteiger partial charge in [0.2, 0.25) is 5.91 Å². The number of methoxy groups -OCH3 is 1. The number of anilines is 1. The van der Waals surface area contributed by atoms with Crippen LogP contribution >= 0.6 is 27.7 Å². The predicted octanol–water partition coefficient (Wildman–Crippen LogP) is 4.70. The summed E-state index contributed by atoms with van der Waals surface area (Å²) < 4.78 is 8.20. The van der Waals surface area contributed by atoms with Gasteiger partial charge in [0, 0.05) is 22.8 Å². The molecule has 0 radical (unpaired) electrons. The third-order valence-corrected chi connectivity index (χ3v) is 6.12. The van der Waals surface area contributed by atoms with E-state index in [0.29, 0.717) is 18.3 Å². The summed E-state index contributed by atoms with van der Waals surface area (Å²) in [6.07, 6.45) is 0. The van der Waals surface area contributed by atoms with Gasteiger partial charge in [-0.3, -0.25) is 9.36 Å². The zero-order valence-corrected chi connectivity index (χ0v) is 19.0. The van der Waals surface area contributed by atoms with E-state index in [1.54, 1.807) is 7.11 Å². The van der Waals surface area contributed by atoms with Gasteiger partial charge in [-0.1, -0.05) is 57.5 Å². The molecule has 0 fully saturated rings. The summed E-state index contributed by atoms with van der Waals surface area (Å²) in [5, 5.41) is 12.3. The zero-order chi connectivity index (χ0) is 20.8. The van der Waals surface area contributed by atoms with Gasteiger partial charge >= 0.3 is 0 Å². The molecule has 0 atom stereocenters. The van der Waals surface area contributed by atoms with E-state index in [1.807, 2.05) is 54.8 Å². The number of carbonyl (C=O) groups is 1. The molecule has 0 saturated heterocycles. The second-order valence-electron chi connectivity index (χ2n) is 6.62. The summed E-state index contributed by atoms with van der Waals surface area (Å²) in [7, 11) is 1.66. The molecule has 1 N–H and O–H groups in total. The molecule has 0 aliphatic heterocycles. The number of rotatable bonds is 8. The first kappa shape index (κ1) is 21.5. The van der Waals surface area contributed by atoms with Gasteiger partial charge in [-0.25, -0.2) is 0 Å². The van der Waals surface area contributed by atoms with Gasteiger partial charge in [0.25, 0.3) is 0 Å². The Morgan fingerprint density at radius 1 is 1.21 bits per heavy atom. The van der Waals surface area contributed by atoms with E-state index < -0.39 is 0 Å². The average molecular weight is 475 g/mol. The molecule has 1 aromatic heterocycles. The third kappa shape index (κ3) is 5.68. The average Bonchev–Trinajstić information content (AvgIpc) is 3.10. The second-order valence-corrected chi connectivity index (χ2v) is 8.42. The topological polar surface area (TPSA) is 69.0 Å². The number of aryl methyl sites for hydroxylation is 2. The fraction of sp³-hybridized carbons (Fsp3) is 0.286. The van der Waals surface area contributed by atoms with Crippen molar-refractivity contribution < 1.29 is 9.53 Å². The van der Waals surface area contributed by atoms with Crippen LogP contribution in [-0.4, -0.2) is 40.1 Å². The predicted molar refractivity (Wildman–Crippen MR) is 120 cm³/mol. The first-order chi connectivity index (χ1) is 14.0. The number of hydrogen-bond donors (Lipinski definition) is 1. The molecule has 0 unspecified atom stereocenters. The number of nitrogens with one attached hydrogen (secondary N) is 1. The van der Waals surface area contributed by atoms with Crippen LogP contribution in [0.4, 0.5) is 5.69 Å². The van der Waals surface area contributed by atoms with Crippen LogP contribution in [0.2, 0.25) is 0 Å². The molecule has 2 aromatic carbocycles. The Morgan fingerprint density at radius 2 is 2.03 bits per heavy atom. The van der Waals surface area contributed by atoms with Gasteiger partial charge in [-0.15, -0.1) is 10.2 Å². The van der Waals surface area contributed by atoms with Gasteiger partial charge in [-0.05, 0) is 37.6 Å². The molecule has 1 heterocycles. The van der Waals surface area contributed by atoms with Crippen molar-refractivity contribution in [3.63, 3.8) is 0 Å². The van der Waals surface area contributed by atoms with E-state index in [9.17, 15) is 4.79 Å². The van der Waals surface area contributed by atoms with Gasteiger partial charge in [0.15, 0.2) is 11.0 Å². The van der Waals surface area contributed by atoms with Crippen molar-refractivity contribution in [1.29, 1.82) is 0 Å². The molecule has 3 aromatic rings. The number of halogens is 1. The van der Waals surface area contributed by atoms with Crippen molar-refractivity contribution in [3.05, 3.63) is 58.1 Å². The maximum Gasteiger partial charge on any atom is 0.234 e. The highest BCUT2D eigenvalue weighted by atomic mass is 79.9. The number of aromatic nitrogens is 3. The summed E-state index contributed by atoms with van der Waals surface area (Å²) in [6.45, 7) is 5.20. The number of thioether (sulfide) groups is 1. The molecule has 3 rings (SSSR count). The first-order valence-electron chi connectivity index (χ1n) is 9.16. The Bertz CT molecular complexity index is 1010. The van der Waals surface area contributed by atoms with Crippen LogP contribution in [-0.2, 0) is 16.1 Å². The largest absolute Gasteiger partial charge is 0.383 e. The smallest absolute Gasteiger partial charge is 0.234 e. The lowest BCUT2D eigenvalue weighted by Gasteiger charge is -2.10. The maximum atomic E-state index is 12.4. The summed E-state index contributed by atoms with van der Waals surface area (Å²) >= 11 is 4.85. The number of nitrogens with zero attached hydrogens (tertiary/aromatic N) is 3. The molecule has 29 heavy (non-hydrogen) atoms. The minimum Gasteiger partial charge on any atom is -0.383 e. The Kier molecular flexibility index (Phi) is 7.46. The van der Waals surface area contributed by atoms with Gasteiger partial charge in [-0.2, -0.15) is 0 Å². The lowest BCUT2D eigenvalue weighted by molar-refractivity contribution is -0.113. The fourth-order valence-corrected chi connectivity index (χ4v) is 3.92. The van der Waals surface area contributed by atoms with Crippen LogP contribution in [0.15, 0.2) is 52.1 Å². The van der Waals surface area contributed by atoms with Gasteiger partial charge in [0.05, 0.1) is 18.9 Å². The van der Waals surface area contributed by atoms with Gasteiger partial charge in [0.1, 0.15) is 0 Å². The molecule has 152 valence electrons. The van der Waals surface area contributed by atoms with E-state index in [2.05, 4.69) is 37.5 Å². The molecule has 6 nitrogen and oxygen atoms in total. The third-order valence-electron chi connectivity index (χ3n) is 4.30. The highest BCUT2D eigenvalue weighted by Gasteiger charge is 2.16. The molecule has 0 saturated carbocycles. The number of hydrogen-bond acceptors (Lipinski definition) is 5. The van der Waals surface area contributed by atoms with E-state index in [1.165, 1.54) is 11.8 Å². The van der Waals surface area contributed by atoms with E-state index in [0.717, 1.165) is 32.7 Å². The summed E-state index contributed by atoms with van der Waals surface area (Å²) in [6, 6.07) is 13.9. The molecule has 8 heteroatoms. The van der Waals surface area contributed by atoms with Crippen molar-refractivity contribution in [1.82, 2.24) is 14.8 Å². The fourth-order valence-electron chi connectivity index (χ4n) is 2.78. The molecular weight excluding hydrogens is 452 g/mol. The quantitative estimate of drug-likeness (QED) is 0.479. The highest BCUT2D eigenvalue weighted by Crippen LogP contribution is 2.25. The molecule has 0 bridgehead atoms. The molecule has 0 aliphatic rings. The van der Waals surface area contributed by atoms with E-state index in [4.69, 9.17) is 4.74 Å². The monoisotopic (exact) mass is 474 g/mol. The number of carbonyl (C=O) groups excluding carboxylic acids is 1. The second kappa shape index (κ2) is 10.0. The Morgan fingerprint density at radius 3 is 2.76 bits per heavy atom. The number of benzene rings is 2. The zero-order valence-electron chi connectivity index (χ0n) is 16.6. The van der Waals surface area contributed by atoms with Crippen molar-refractivity contribution in [3.8, 4) is 11.4 Å². The van der Waals surface area contributed by atoms with Crippen LogP contribution in [0.25, 0.3) is 11.4 Å². The standard InChI is InChI=1S/C21H23BrN4O2S/c1-14-5-4-6-16(11-14)20-24-25-21(26(20)9-10-28-3)29-13-19(27)23-17-8-7-15(2)18(22)12-17/h4-8,11-12H,9-10,13H2,1-3H3,(H,23,27). The SMILES string of the molecule is COCCn1c(SCC(=O)Nc2ccc(C)c(Br)c2)nnc1-c1cccc(C)c1. The normalized spacial score (nSPS) is 10.9. The summed E-state index contributed by atoms with van der Waals surface area (Å²) in [5.41, 5.74) is 4.03. The van der Waals surface area contributed by atoms with Crippen molar-refractivity contribution in [2.75, 3.05) is 24.8 Å². The maximum absolute atomic E-state index is 12.4. The van der Waals surface area contributed by atoms with E-state index >= 15 is 0 Å². The molecule has 0 aliphatic carbocycles. The molecular formula is C21H23BrN4O2S. The van der Waals surface area contributed by atoms with Crippen LogP contribution in [0.1, 0.15) is 11.1 Å². The minimum absolute atomic E-state index is 0.0934. The van der Waals surface area contributed by atoms with Crippen LogP contribution in [0.5, 0.6) is 0 Å². The Balaban J connectivity index is 1.72. The van der Waals surface area contributed by atoms with E-state index in [-0.39, 0.29) is 11.7 Å². The summed E-state index contributed by atoms with van der Waals surface area (Å²) in [5.74, 6) is 0.921. The van der Waals surface area contributed by atoms with Crippen molar-refractivity contribution in [2.24, 2.45) is 0 Å². The van der Waals surface area contributed by atoms with Crippen molar-refractivity contribution >= 4 is 39.3 Å². The Hall–Kier alpha value is -2.16. The number of amides is 1. The van der Waals surface area contributed by atoms with Crippen LogP contribution in [0, 0.1) is 13.8 Å². The Labute approximate surface area is 183 Å². The van der Waals surface area contributed by atoms with Crippen LogP contribution in [0.3, 0.4) is 0 Å². The van der Waals surface area contributed by atoms with Gasteiger partial charge < -0.3 is 10.1 Å².